The molecular formula is C29H38FN. The highest BCUT2D eigenvalue weighted by atomic mass is 19.1. The van der Waals surface area contributed by atoms with E-state index in [1.54, 1.807) is 6.08 Å². The lowest BCUT2D eigenvalue weighted by Crippen LogP contribution is -2.22. The molecule has 0 aromatic heterocycles. The molecule has 2 aromatic carbocycles. The van der Waals surface area contributed by atoms with Crippen LogP contribution in [0.25, 0.3) is 0 Å². The number of hydrogen-bond donors (Lipinski definition) is 0. The Morgan fingerprint density at radius 2 is 1.26 bits per heavy atom. The normalized spacial score (nSPS) is 17.2. The third-order valence-corrected chi connectivity index (χ3v) is 6.30. The van der Waals surface area contributed by atoms with Gasteiger partial charge in [-0.3, -0.25) is 0 Å². The van der Waals surface area contributed by atoms with Gasteiger partial charge in [0.15, 0.2) is 0 Å². The lowest BCUT2D eigenvalue weighted by atomic mass is 9.86. The van der Waals surface area contributed by atoms with Crippen LogP contribution >= 0.6 is 0 Å². The van der Waals surface area contributed by atoms with E-state index < -0.39 is 0 Å². The molecule has 1 unspecified atom stereocenters. The summed E-state index contributed by atoms with van der Waals surface area (Å²) >= 11 is 0. The van der Waals surface area contributed by atoms with Gasteiger partial charge in [0.05, 0.1) is 0 Å². The molecule has 2 aromatic rings. The van der Waals surface area contributed by atoms with E-state index in [1.807, 2.05) is 0 Å². The second-order valence-corrected chi connectivity index (χ2v) is 10.8. The monoisotopic (exact) mass is 419 g/mol. The van der Waals surface area contributed by atoms with Gasteiger partial charge in [0.25, 0.3) is 0 Å². The average molecular weight is 420 g/mol. The smallest absolute Gasteiger partial charge is 0.104 e. The SMILES string of the molecule is CCC1CC=C(CN(c2ccc(C(C)(C)C)cc2)c2ccc(C(C)(C)C)cc2)C=C1F. The van der Waals surface area contributed by atoms with Gasteiger partial charge in [-0.1, -0.05) is 78.8 Å². The van der Waals surface area contributed by atoms with Crippen LogP contribution in [0.2, 0.25) is 0 Å². The molecule has 0 N–H and O–H groups in total. The van der Waals surface area contributed by atoms with Crippen LogP contribution in [0.3, 0.4) is 0 Å². The third-order valence-electron chi connectivity index (χ3n) is 6.30. The molecule has 0 saturated heterocycles. The van der Waals surface area contributed by atoms with Gasteiger partial charge < -0.3 is 4.90 Å². The summed E-state index contributed by atoms with van der Waals surface area (Å²) in [6.07, 6.45) is 5.58. The molecule has 1 aliphatic carbocycles. The van der Waals surface area contributed by atoms with Gasteiger partial charge in [0, 0.05) is 23.8 Å². The van der Waals surface area contributed by atoms with Gasteiger partial charge in [-0.2, -0.15) is 0 Å². The Labute approximate surface area is 188 Å². The van der Waals surface area contributed by atoms with Crippen molar-refractivity contribution in [2.75, 3.05) is 11.4 Å². The van der Waals surface area contributed by atoms with E-state index >= 15 is 0 Å². The standard InChI is InChI=1S/C29H38FN/c1-8-22-10-9-21(19-27(22)30)20-31(25-15-11-23(12-16-25)28(2,3)4)26-17-13-24(14-18-26)29(5,6)7/h9,11-19,22H,8,10,20H2,1-7H3. The van der Waals surface area contributed by atoms with Crippen molar-refractivity contribution in [2.45, 2.75) is 72.1 Å². The van der Waals surface area contributed by atoms with Crippen molar-refractivity contribution in [1.82, 2.24) is 0 Å². The minimum Gasteiger partial charge on any atom is -0.337 e. The minimum absolute atomic E-state index is 0.0195. The topological polar surface area (TPSA) is 3.24 Å². The highest BCUT2D eigenvalue weighted by Gasteiger charge is 2.20. The molecule has 0 amide bonds. The zero-order valence-corrected chi connectivity index (χ0v) is 20.3. The van der Waals surface area contributed by atoms with E-state index in [-0.39, 0.29) is 22.6 Å². The number of rotatable bonds is 5. The number of allylic oxidation sites excluding steroid dienone is 2. The summed E-state index contributed by atoms with van der Waals surface area (Å²) < 4.78 is 14.5. The van der Waals surface area contributed by atoms with Crippen molar-refractivity contribution in [1.29, 1.82) is 0 Å². The van der Waals surface area contributed by atoms with Crippen LogP contribution in [0.15, 0.2) is 72.1 Å². The average Bonchev–Trinajstić information content (AvgIpc) is 2.71. The van der Waals surface area contributed by atoms with Gasteiger partial charge in [-0.05, 0) is 70.7 Å². The maximum atomic E-state index is 14.5. The Bertz CT molecular complexity index is 877. The number of benzene rings is 2. The Hall–Kier alpha value is -2.35. The van der Waals surface area contributed by atoms with E-state index in [1.165, 1.54) is 11.1 Å². The van der Waals surface area contributed by atoms with Crippen molar-refractivity contribution in [3.8, 4) is 0 Å². The number of nitrogens with zero attached hydrogens (tertiary/aromatic N) is 1. The van der Waals surface area contributed by atoms with E-state index in [2.05, 4.69) is 108 Å². The lowest BCUT2D eigenvalue weighted by molar-refractivity contribution is 0.449. The van der Waals surface area contributed by atoms with E-state index in [9.17, 15) is 4.39 Å². The fourth-order valence-corrected chi connectivity index (χ4v) is 4.03. The molecule has 1 aliphatic rings. The molecule has 3 rings (SSSR count). The second-order valence-electron chi connectivity index (χ2n) is 10.8. The Morgan fingerprint density at radius 3 is 1.61 bits per heavy atom. The van der Waals surface area contributed by atoms with Crippen LogP contribution in [0.5, 0.6) is 0 Å². The largest absolute Gasteiger partial charge is 0.337 e. The van der Waals surface area contributed by atoms with Crippen LogP contribution in [0.4, 0.5) is 15.8 Å². The molecule has 31 heavy (non-hydrogen) atoms. The van der Waals surface area contributed by atoms with Gasteiger partial charge in [-0.25, -0.2) is 4.39 Å². The zero-order valence-electron chi connectivity index (χ0n) is 20.3. The molecule has 1 nitrogen and oxygen atoms in total. The van der Waals surface area contributed by atoms with Crippen molar-refractivity contribution >= 4 is 11.4 Å². The molecule has 0 saturated carbocycles. The van der Waals surface area contributed by atoms with E-state index in [0.717, 1.165) is 29.8 Å². The van der Waals surface area contributed by atoms with Crippen LogP contribution in [-0.4, -0.2) is 6.54 Å². The Morgan fingerprint density at radius 1 is 0.806 bits per heavy atom. The molecule has 166 valence electrons. The summed E-state index contributed by atoms with van der Waals surface area (Å²) in [4.78, 5) is 2.29. The number of anilines is 2. The van der Waals surface area contributed by atoms with Crippen molar-refractivity contribution in [2.24, 2.45) is 5.92 Å². The summed E-state index contributed by atoms with van der Waals surface area (Å²) in [5.74, 6) is 0.0560. The third kappa shape index (κ3) is 5.67. The van der Waals surface area contributed by atoms with Crippen LogP contribution in [-0.2, 0) is 10.8 Å². The minimum atomic E-state index is 0.0195. The highest BCUT2D eigenvalue weighted by molar-refractivity contribution is 5.65. The molecule has 1 atom stereocenters. The van der Waals surface area contributed by atoms with Crippen molar-refractivity contribution in [3.63, 3.8) is 0 Å². The van der Waals surface area contributed by atoms with E-state index in [0.29, 0.717) is 6.54 Å². The number of hydrogen-bond acceptors (Lipinski definition) is 1. The first-order chi connectivity index (χ1) is 14.5. The Kier molecular flexibility index (Phi) is 6.79. The fraction of sp³-hybridized carbons (Fsp3) is 0.448. The van der Waals surface area contributed by atoms with Gasteiger partial charge in [0.1, 0.15) is 5.83 Å². The summed E-state index contributed by atoms with van der Waals surface area (Å²) in [7, 11) is 0. The number of halogens is 1. The molecule has 0 fully saturated rings. The molecule has 0 aliphatic heterocycles. The van der Waals surface area contributed by atoms with Gasteiger partial charge >= 0.3 is 0 Å². The lowest BCUT2D eigenvalue weighted by Gasteiger charge is -2.29. The summed E-state index contributed by atoms with van der Waals surface area (Å²) in [5.41, 5.74) is 6.16. The molecule has 0 heterocycles. The first kappa shape index (κ1) is 23.3. The Balaban J connectivity index is 1.95. The second kappa shape index (κ2) is 9.02. The predicted molar refractivity (Wildman–Crippen MR) is 133 cm³/mol. The summed E-state index contributed by atoms with van der Waals surface area (Å²) in [6.45, 7) is 16.1. The van der Waals surface area contributed by atoms with Gasteiger partial charge in [0.2, 0.25) is 0 Å². The van der Waals surface area contributed by atoms with Gasteiger partial charge in [-0.15, -0.1) is 0 Å². The summed E-state index contributed by atoms with van der Waals surface area (Å²) in [6, 6.07) is 17.6. The maximum absolute atomic E-state index is 14.5. The van der Waals surface area contributed by atoms with Crippen LogP contribution in [0, 0.1) is 5.92 Å². The van der Waals surface area contributed by atoms with Crippen LogP contribution in [0.1, 0.15) is 72.4 Å². The molecule has 0 bridgehead atoms. The fourth-order valence-electron chi connectivity index (χ4n) is 4.03. The predicted octanol–water partition coefficient (Wildman–Crippen LogP) is 8.63. The van der Waals surface area contributed by atoms with Crippen molar-refractivity contribution in [3.05, 3.63) is 83.2 Å². The first-order valence-electron chi connectivity index (χ1n) is 11.5. The zero-order chi connectivity index (χ0) is 22.8. The van der Waals surface area contributed by atoms with Crippen LogP contribution < -0.4 is 4.90 Å². The summed E-state index contributed by atoms with van der Waals surface area (Å²) in [5, 5.41) is 0. The molecule has 0 spiro atoms. The first-order valence-corrected chi connectivity index (χ1v) is 11.5. The van der Waals surface area contributed by atoms with Crippen molar-refractivity contribution < 1.29 is 4.39 Å². The molecule has 2 heteroatoms. The quantitative estimate of drug-likeness (QED) is 0.469. The molecular weight excluding hydrogens is 381 g/mol. The highest BCUT2D eigenvalue weighted by Crippen LogP contribution is 2.34. The molecule has 0 radical (unpaired) electrons. The maximum Gasteiger partial charge on any atom is 0.104 e. The van der Waals surface area contributed by atoms with E-state index in [4.69, 9.17) is 0 Å².